The zero-order valence-corrected chi connectivity index (χ0v) is 11.7. The first kappa shape index (κ1) is 16.3. The zero-order chi connectivity index (χ0) is 16.5. The van der Waals surface area contributed by atoms with Gasteiger partial charge >= 0.3 is 6.18 Å². The van der Waals surface area contributed by atoms with Crippen LogP contribution >= 0.6 is 0 Å². The van der Waals surface area contributed by atoms with E-state index in [1.54, 1.807) is 6.92 Å². The number of benzene rings is 1. The highest BCUT2D eigenvalue weighted by Gasteiger charge is 2.40. The summed E-state index contributed by atoms with van der Waals surface area (Å²) < 4.78 is 50.5. The molecular weight excluding hydrogens is 304 g/mol. The van der Waals surface area contributed by atoms with Crippen LogP contribution in [0, 0.1) is 18.7 Å². The maximum absolute atomic E-state index is 13.6. The lowest BCUT2D eigenvalue weighted by Crippen LogP contribution is -2.36. The van der Waals surface area contributed by atoms with Crippen molar-refractivity contribution >= 4 is 17.5 Å². The maximum Gasteiger partial charge on any atom is 0.406 e. The van der Waals surface area contributed by atoms with Gasteiger partial charge in [0.1, 0.15) is 12.4 Å². The van der Waals surface area contributed by atoms with Crippen LogP contribution in [0.2, 0.25) is 0 Å². The zero-order valence-electron chi connectivity index (χ0n) is 11.7. The van der Waals surface area contributed by atoms with Crippen molar-refractivity contribution in [3.63, 3.8) is 0 Å². The van der Waals surface area contributed by atoms with E-state index in [9.17, 15) is 27.2 Å². The second-order valence-corrected chi connectivity index (χ2v) is 5.26. The number of hydrogen-bond donors (Lipinski definition) is 1. The van der Waals surface area contributed by atoms with Crippen molar-refractivity contribution in [3.8, 4) is 0 Å². The van der Waals surface area contributed by atoms with Gasteiger partial charge in [0.2, 0.25) is 11.8 Å². The van der Waals surface area contributed by atoms with Gasteiger partial charge in [-0.3, -0.25) is 9.59 Å². The van der Waals surface area contributed by atoms with Gasteiger partial charge in [0.05, 0.1) is 11.6 Å². The number of likely N-dealkylation sites (tertiary alicyclic amines) is 1. The lowest BCUT2D eigenvalue weighted by Gasteiger charge is -2.18. The van der Waals surface area contributed by atoms with Gasteiger partial charge in [0, 0.05) is 13.0 Å². The van der Waals surface area contributed by atoms with Gasteiger partial charge in [0.15, 0.2) is 0 Å². The molecule has 120 valence electrons. The van der Waals surface area contributed by atoms with Crippen LogP contribution < -0.4 is 5.32 Å². The van der Waals surface area contributed by atoms with E-state index in [0.717, 1.165) is 5.56 Å². The minimum absolute atomic E-state index is 0.0493. The molecule has 0 radical (unpaired) electrons. The minimum Gasteiger partial charge on any atom is -0.333 e. The lowest BCUT2D eigenvalue weighted by molar-refractivity contribution is -0.157. The SMILES string of the molecule is Cc1ccc(F)c(NC(=O)[C@H]2CC(=O)N(CC(F)(F)F)C2)c1. The van der Waals surface area contributed by atoms with E-state index in [1.807, 2.05) is 0 Å². The fourth-order valence-corrected chi connectivity index (χ4v) is 2.29. The molecule has 1 aliphatic rings. The highest BCUT2D eigenvalue weighted by atomic mass is 19.4. The van der Waals surface area contributed by atoms with Crippen LogP contribution in [0.4, 0.5) is 23.2 Å². The lowest BCUT2D eigenvalue weighted by atomic mass is 10.1. The van der Waals surface area contributed by atoms with E-state index in [-0.39, 0.29) is 18.7 Å². The predicted octanol–water partition coefficient (Wildman–Crippen LogP) is 2.48. The third-order valence-corrected chi connectivity index (χ3v) is 3.34. The van der Waals surface area contributed by atoms with Gasteiger partial charge in [-0.25, -0.2) is 4.39 Å². The molecule has 4 nitrogen and oxygen atoms in total. The number of hydrogen-bond acceptors (Lipinski definition) is 2. The Morgan fingerprint density at radius 1 is 1.41 bits per heavy atom. The van der Waals surface area contributed by atoms with Gasteiger partial charge < -0.3 is 10.2 Å². The molecule has 1 atom stereocenters. The molecule has 22 heavy (non-hydrogen) atoms. The van der Waals surface area contributed by atoms with Crippen LogP contribution in [-0.4, -0.2) is 36.0 Å². The van der Waals surface area contributed by atoms with Crippen molar-refractivity contribution in [1.29, 1.82) is 0 Å². The molecule has 1 fully saturated rings. The summed E-state index contributed by atoms with van der Waals surface area (Å²) in [6, 6.07) is 4.12. The summed E-state index contributed by atoms with van der Waals surface area (Å²) in [4.78, 5) is 24.1. The number of nitrogens with one attached hydrogen (secondary N) is 1. The van der Waals surface area contributed by atoms with E-state index >= 15 is 0 Å². The number of anilines is 1. The van der Waals surface area contributed by atoms with Crippen molar-refractivity contribution in [2.75, 3.05) is 18.4 Å². The molecule has 2 amide bonds. The van der Waals surface area contributed by atoms with Crippen LogP contribution in [0.25, 0.3) is 0 Å². The first-order valence-electron chi connectivity index (χ1n) is 6.57. The second-order valence-electron chi connectivity index (χ2n) is 5.26. The van der Waals surface area contributed by atoms with E-state index in [4.69, 9.17) is 0 Å². The number of carbonyl (C=O) groups excluding carboxylic acids is 2. The van der Waals surface area contributed by atoms with E-state index in [0.29, 0.717) is 4.90 Å². The normalized spacial score (nSPS) is 18.7. The van der Waals surface area contributed by atoms with Crippen molar-refractivity contribution in [2.24, 2.45) is 5.92 Å². The number of nitrogens with zero attached hydrogens (tertiary/aromatic N) is 1. The highest BCUT2D eigenvalue weighted by molar-refractivity contribution is 5.97. The summed E-state index contributed by atoms with van der Waals surface area (Å²) in [5.41, 5.74) is 0.671. The summed E-state index contributed by atoms with van der Waals surface area (Å²) in [7, 11) is 0. The molecule has 1 aromatic rings. The Kier molecular flexibility index (Phi) is 4.39. The summed E-state index contributed by atoms with van der Waals surface area (Å²) in [5, 5.41) is 2.32. The molecule has 8 heteroatoms. The van der Waals surface area contributed by atoms with Gasteiger partial charge in [-0.05, 0) is 24.6 Å². The molecule has 1 N–H and O–H groups in total. The molecule has 0 aromatic heterocycles. The molecule has 1 aromatic carbocycles. The Morgan fingerprint density at radius 3 is 2.73 bits per heavy atom. The van der Waals surface area contributed by atoms with Gasteiger partial charge in [0.25, 0.3) is 0 Å². The van der Waals surface area contributed by atoms with Gasteiger partial charge in [-0.15, -0.1) is 0 Å². The largest absolute Gasteiger partial charge is 0.406 e. The molecule has 0 bridgehead atoms. The number of rotatable bonds is 3. The fourth-order valence-electron chi connectivity index (χ4n) is 2.29. The quantitative estimate of drug-likeness (QED) is 0.871. The Morgan fingerprint density at radius 2 is 2.09 bits per heavy atom. The number of aryl methyl sites for hydroxylation is 1. The molecule has 0 aliphatic carbocycles. The first-order chi connectivity index (χ1) is 10.2. The smallest absolute Gasteiger partial charge is 0.333 e. The molecule has 2 rings (SSSR count). The molecular formula is C14H14F4N2O2. The summed E-state index contributed by atoms with van der Waals surface area (Å²) >= 11 is 0. The third kappa shape index (κ3) is 3.96. The van der Waals surface area contributed by atoms with Crippen molar-refractivity contribution in [1.82, 2.24) is 4.90 Å². The van der Waals surface area contributed by atoms with Gasteiger partial charge in [-0.1, -0.05) is 6.07 Å². The average Bonchev–Trinajstić information content (AvgIpc) is 2.73. The Labute approximate surface area is 124 Å². The Bertz CT molecular complexity index is 601. The minimum atomic E-state index is -4.51. The van der Waals surface area contributed by atoms with Gasteiger partial charge in [-0.2, -0.15) is 13.2 Å². The average molecular weight is 318 g/mol. The topological polar surface area (TPSA) is 49.4 Å². The Balaban J connectivity index is 2.02. The molecule has 0 saturated carbocycles. The number of alkyl halides is 3. The van der Waals surface area contributed by atoms with E-state index in [2.05, 4.69) is 5.32 Å². The standard InChI is InChI=1S/C14H14F4N2O2/c1-8-2-3-10(15)11(4-8)19-13(22)9-5-12(21)20(6-9)7-14(16,17)18/h2-4,9H,5-7H2,1H3,(H,19,22)/t9-/m0/s1. The maximum atomic E-state index is 13.6. The Hall–Kier alpha value is -2.12. The van der Waals surface area contributed by atoms with Crippen LogP contribution in [0.3, 0.4) is 0 Å². The molecule has 1 heterocycles. The first-order valence-corrected chi connectivity index (χ1v) is 6.57. The van der Waals surface area contributed by atoms with Crippen molar-refractivity contribution in [2.45, 2.75) is 19.5 Å². The third-order valence-electron chi connectivity index (χ3n) is 3.34. The number of halogens is 4. The molecule has 0 spiro atoms. The van der Waals surface area contributed by atoms with Crippen LogP contribution in [-0.2, 0) is 9.59 Å². The fraction of sp³-hybridized carbons (Fsp3) is 0.429. The van der Waals surface area contributed by atoms with Crippen LogP contribution in [0.5, 0.6) is 0 Å². The second kappa shape index (κ2) is 5.94. The molecule has 1 saturated heterocycles. The highest BCUT2D eigenvalue weighted by Crippen LogP contribution is 2.25. The molecule has 0 unspecified atom stereocenters. The predicted molar refractivity (Wildman–Crippen MR) is 70.5 cm³/mol. The van der Waals surface area contributed by atoms with Crippen LogP contribution in [0.1, 0.15) is 12.0 Å². The van der Waals surface area contributed by atoms with E-state index < -0.39 is 36.3 Å². The number of amides is 2. The van der Waals surface area contributed by atoms with Crippen molar-refractivity contribution < 1.29 is 27.2 Å². The van der Waals surface area contributed by atoms with Crippen LogP contribution in [0.15, 0.2) is 18.2 Å². The van der Waals surface area contributed by atoms with E-state index in [1.165, 1.54) is 18.2 Å². The summed E-state index contributed by atoms with van der Waals surface area (Å²) in [6.07, 6.45) is -4.82. The monoisotopic (exact) mass is 318 g/mol. The summed E-state index contributed by atoms with van der Waals surface area (Å²) in [6.45, 7) is 0.00525. The number of carbonyl (C=O) groups is 2. The summed E-state index contributed by atoms with van der Waals surface area (Å²) in [5.74, 6) is -2.96. The molecule has 1 aliphatic heterocycles. The van der Waals surface area contributed by atoms with Crippen molar-refractivity contribution in [3.05, 3.63) is 29.6 Å².